The molecule has 1 aromatic heterocycles. The van der Waals surface area contributed by atoms with Gasteiger partial charge in [0.05, 0.1) is 43.2 Å². The van der Waals surface area contributed by atoms with Crippen LogP contribution in [0.3, 0.4) is 0 Å². The first-order valence-electron chi connectivity index (χ1n) is 17.5. The molecular formula is C38H49N3O10S. The van der Waals surface area contributed by atoms with E-state index in [4.69, 9.17) is 18.9 Å². The number of aliphatic hydroxyl groups excluding tert-OH is 1. The minimum absolute atomic E-state index is 0.00972. The Labute approximate surface area is 305 Å². The maximum atomic E-state index is 13.2. The van der Waals surface area contributed by atoms with Crippen molar-refractivity contribution in [3.8, 4) is 22.6 Å². The lowest BCUT2D eigenvalue weighted by Gasteiger charge is -2.29. The van der Waals surface area contributed by atoms with E-state index in [1.54, 1.807) is 75.6 Å². The topological polar surface area (TPSA) is 171 Å². The van der Waals surface area contributed by atoms with E-state index in [-0.39, 0.29) is 55.9 Å². The number of pyridine rings is 1. The van der Waals surface area contributed by atoms with Crippen molar-refractivity contribution in [3.63, 3.8) is 0 Å². The van der Waals surface area contributed by atoms with E-state index in [2.05, 4.69) is 9.71 Å². The van der Waals surface area contributed by atoms with Crippen LogP contribution in [0.1, 0.15) is 88.2 Å². The number of amides is 2. The fourth-order valence-electron chi connectivity index (χ4n) is 5.55. The predicted octanol–water partition coefficient (Wildman–Crippen LogP) is 5.82. The zero-order valence-corrected chi connectivity index (χ0v) is 31.0. The van der Waals surface area contributed by atoms with E-state index in [9.17, 15) is 27.9 Å². The Kier molecular flexibility index (Phi) is 14.4. The molecule has 0 aliphatic heterocycles. The molecule has 3 aromatic rings. The van der Waals surface area contributed by atoms with Crippen molar-refractivity contribution in [2.45, 2.75) is 84.0 Å². The number of esters is 1. The molecule has 0 saturated heterocycles. The van der Waals surface area contributed by atoms with E-state index in [0.29, 0.717) is 11.3 Å². The van der Waals surface area contributed by atoms with Crippen LogP contribution in [0.25, 0.3) is 11.1 Å². The van der Waals surface area contributed by atoms with Crippen molar-refractivity contribution in [1.82, 2.24) is 14.6 Å². The van der Waals surface area contributed by atoms with Crippen LogP contribution in [-0.4, -0.2) is 85.1 Å². The summed E-state index contributed by atoms with van der Waals surface area (Å²) in [5, 5.41) is 10.8. The maximum absolute atomic E-state index is 13.2. The molecular weight excluding hydrogens is 690 g/mol. The molecule has 0 unspecified atom stereocenters. The molecule has 1 saturated carbocycles. The summed E-state index contributed by atoms with van der Waals surface area (Å²) < 4.78 is 50.0. The number of aromatic nitrogens is 1. The monoisotopic (exact) mass is 739 g/mol. The fourth-order valence-corrected chi connectivity index (χ4v) is 6.54. The van der Waals surface area contributed by atoms with Gasteiger partial charge in [-0.1, -0.05) is 30.7 Å². The second-order valence-electron chi connectivity index (χ2n) is 13.6. The normalized spacial score (nSPS) is 14.2. The average Bonchev–Trinajstić information content (AvgIpc) is 3.09. The summed E-state index contributed by atoms with van der Waals surface area (Å²) in [6, 6.07) is 15.7. The minimum atomic E-state index is -3.99. The molecule has 1 aliphatic carbocycles. The van der Waals surface area contributed by atoms with Gasteiger partial charge in [0.15, 0.2) is 0 Å². The van der Waals surface area contributed by atoms with Gasteiger partial charge in [0.25, 0.3) is 5.91 Å². The molecule has 282 valence electrons. The summed E-state index contributed by atoms with van der Waals surface area (Å²) >= 11 is 0. The van der Waals surface area contributed by atoms with Crippen molar-refractivity contribution in [3.05, 3.63) is 78.1 Å². The molecule has 1 atom stereocenters. The molecule has 2 amide bonds. The van der Waals surface area contributed by atoms with E-state index in [0.717, 1.165) is 43.2 Å². The van der Waals surface area contributed by atoms with Crippen LogP contribution >= 0.6 is 0 Å². The van der Waals surface area contributed by atoms with Crippen LogP contribution in [0.4, 0.5) is 4.79 Å². The van der Waals surface area contributed by atoms with Crippen LogP contribution in [0.15, 0.2) is 67.0 Å². The first-order valence-corrected chi connectivity index (χ1v) is 19.1. The molecule has 0 radical (unpaired) electrons. The van der Waals surface area contributed by atoms with Gasteiger partial charge in [0, 0.05) is 24.9 Å². The summed E-state index contributed by atoms with van der Waals surface area (Å²) in [6.07, 6.45) is 6.35. The number of hydrogen-bond donors (Lipinski definition) is 2. The number of nitrogens with zero attached hydrogens (tertiary/aromatic N) is 2. The van der Waals surface area contributed by atoms with Crippen molar-refractivity contribution in [2.75, 3.05) is 32.1 Å². The third-order valence-corrected chi connectivity index (χ3v) is 9.44. The van der Waals surface area contributed by atoms with E-state index in [1.807, 2.05) is 12.1 Å². The molecule has 14 heteroatoms. The molecule has 1 fully saturated rings. The highest BCUT2D eigenvalue weighted by Gasteiger charge is 2.26. The number of nitrogens with one attached hydrogen (secondary N) is 1. The van der Waals surface area contributed by atoms with E-state index >= 15 is 0 Å². The molecule has 52 heavy (non-hydrogen) atoms. The Morgan fingerprint density at radius 2 is 1.71 bits per heavy atom. The summed E-state index contributed by atoms with van der Waals surface area (Å²) in [7, 11) is -3.99. The number of benzene rings is 2. The third kappa shape index (κ3) is 13.1. The molecule has 13 nitrogen and oxygen atoms in total. The fraction of sp³-hybridized carbons (Fsp3) is 0.474. The summed E-state index contributed by atoms with van der Waals surface area (Å²) in [4.78, 5) is 42.6. The van der Waals surface area contributed by atoms with Gasteiger partial charge in [0.2, 0.25) is 10.0 Å². The number of carbonyl (C=O) groups excluding carboxylic acids is 3. The van der Waals surface area contributed by atoms with Gasteiger partial charge in [-0.25, -0.2) is 17.9 Å². The van der Waals surface area contributed by atoms with Gasteiger partial charge < -0.3 is 29.0 Å². The van der Waals surface area contributed by atoms with Gasteiger partial charge in [-0.2, -0.15) is 0 Å². The van der Waals surface area contributed by atoms with Crippen LogP contribution in [0.5, 0.6) is 11.5 Å². The molecule has 0 bridgehead atoms. The van der Waals surface area contributed by atoms with Gasteiger partial charge >= 0.3 is 12.1 Å². The van der Waals surface area contributed by atoms with Crippen LogP contribution in [-0.2, 0) is 24.3 Å². The van der Waals surface area contributed by atoms with Crippen molar-refractivity contribution >= 4 is 28.0 Å². The first-order chi connectivity index (χ1) is 24.7. The smallest absolute Gasteiger partial charge is 0.410 e. The minimum Gasteiger partial charge on any atom is -0.492 e. The number of rotatable bonds is 16. The van der Waals surface area contributed by atoms with Gasteiger partial charge in [-0.3, -0.25) is 14.6 Å². The summed E-state index contributed by atoms with van der Waals surface area (Å²) in [6.45, 7) is 6.76. The number of carbonyl (C=O) groups is 3. The van der Waals surface area contributed by atoms with Crippen LogP contribution in [0.2, 0.25) is 0 Å². The standard InChI is InChI=1S/C38H49N3O10S/c1-27(42)48-21-9-23-52(46,47)40-36(44)33-18-15-29(24-35(33)50-32-11-6-5-7-12-32)28-13-16-31(17-14-28)49-22-20-41(37(45)51-38(2,3)4)26-34(43)30-10-8-19-39-25-30/h8,10,13-19,24-25,32,34,43H,5-7,9,11-12,20-23,26H2,1-4H3,(H,40,44)/t34-/m0/s1. The van der Waals surface area contributed by atoms with Gasteiger partial charge in [0.1, 0.15) is 23.7 Å². The van der Waals surface area contributed by atoms with Gasteiger partial charge in [-0.15, -0.1) is 0 Å². The highest BCUT2D eigenvalue weighted by Crippen LogP contribution is 2.32. The Morgan fingerprint density at radius 3 is 2.37 bits per heavy atom. The number of aliphatic hydroxyl groups is 1. The van der Waals surface area contributed by atoms with Crippen LogP contribution in [0, 0.1) is 0 Å². The first kappa shape index (κ1) is 40.1. The SMILES string of the molecule is CC(=O)OCCCS(=O)(=O)NC(=O)c1ccc(-c2ccc(OCCN(C[C@H](O)c3cccnc3)C(=O)OC(C)(C)C)cc2)cc1OC1CCCCC1. The predicted molar refractivity (Wildman–Crippen MR) is 194 cm³/mol. The summed E-state index contributed by atoms with van der Waals surface area (Å²) in [5.41, 5.74) is 1.51. The quantitative estimate of drug-likeness (QED) is 0.134. The van der Waals surface area contributed by atoms with E-state index in [1.165, 1.54) is 11.8 Å². The maximum Gasteiger partial charge on any atom is 0.410 e. The zero-order chi connectivity index (χ0) is 37.7. The Hall–Kier alpha value is -4.69. The van der Waals surface area contributed by atoms with Crippen molar-refractivity contribution < 1.29 is 46.9 Å². The highest BCUT2D eigenvalue weighted by molar-refractivity contribution is 7.90. The second-order valence-corrected chi connectivity index (χ2v) is 15.5. The Morgan fingerprint density at radius 1 is 1.00 bits per heavy atom. The second kappa shape index (κ2) is 18.7. The molecule has 2 N–H and O–H groups in total. The largest absolute Gasteiger partial charge is 0.492 e. The average molecular weight is 740 g/mol. The van der Waals surface area contributed by atoms with E-state index < -0.39 is 39.7 Å². The lowest BCUT2D eigenvalue weighted by Crippen LogP contribution is -2.41. The van der Waals surface area contributed by atoms with Crippen molar-refractivity contribution in [2.24, 2.45) is 0 Å². The molecule has 1 aliphatic rings. The number of sulfonamides is 1. The number of ether oxygens (including phenoxy) is 4. The molecule has 0 spiro atoms. The lowest BCUT2D eigenvalue weighted by molar-refractivity contribution is -0.140. The Bertz CT molecular complexity index is 1740. The number of hydrogen-bond acceptors (Lipinski definition) is 11. The lowest BCUT2D eigenvalue weighted by atomic mass is 9.97. The van der Waals surface area contributed by atoms with Crippen molar-refractivity contribution in [1.29, 1.82) is 0 Å². The third-order valence-electron chi connectivity index (χ3n) is 8.11. The van der Waals surface area contributed by atoms with Crippen LogP contribution < -0.4 is 14.2 Å². The molecule has 1 heterocycles. The zero-order valence-electron chi connectivity index (χ0n) is 30.2. The Balaban J connectivity index is 1.44. The summed E-state index contributed by atoms with van der Waals surface area (Å²) in [5.74, 6) is -0.863. The molecule has 2 aromatic carbocycles. The molecule has 4 rings (SSSR count). The van der Waals surface area contributed by atoms with Gasteiger partial charge in [-0.05, 0) is 94.3 Å². The highest BCUT2D eigenvalue weighted by atomic mass is 32.2.